The highest BCUT2D eigenvalue weighted by Crippen LogP contribution is 2.27. The van der Waals surface area contributed by atoms with Crippen molar-refractivity contribution in [1.29, 1.82) is 0 Å². The molecule has 6 heteroatoms. The Morgan fingerprint density at radius 2 is 2.18 bits per heavy atom. The number of nitrogens with zero attached hydrogens (tertiary/aromatic N) is 1. The van der Waals surface area contributed by atoms with Gasteiger partial charge in [-0.15, -0.1) is 22.9 Å². The number of thiazole rings is 1. The normalized spacial score (nSPS) is 10.5. The SMILES string of the molecule is O=C(CCl)c1csc(-c2cc(F)cc(Cl)c2)n1. The second kappa shape index (κ2) is 5.12. The van der Waals surface area contributed by atoms with E-state index in [1.165, 1.54) is 23.5 Å². The zero-order chi connectivity index (χ0) is 12.4. The first-order valence-corrected chi connectivity index (χ1v) is 6.40. The smallest absolute Gasteiger partial charge is 0.196 e. The summed E-state index contributed by atoms with van der Waals surface area (Å²) in [6, 6.07) is 4.13. The summed E-state index contributed by atoms with van der Waals surface area (Å²) in [7, 11) is 0. The molecule has 0 saturated carbocycles. The molecule has 0 saturated heterocycles. The molecule has 1 aromatic carbocycles. The minimum Gasteiger partial charge on any atom is -0.291 e. The van der Waals surface area contributed by atoms with Crippen molar-refractivity contribution >= 4 is 40.3 Å². The minimum atomic E-state index is -0.437. The number of rotatable bonds is 3. The number of ketones is 1. The van der Waals surface area contributed by atoms with Crippen molar-refractivity contribution in [3.63, 3.8) is 0 Å². The van der Waals surface area contributed by atoms with Crippen molar-refractivity contribution in [3.05, 3.63) is 40.1 Å². The van der Waals surface area contributed by atoms with E-state index in [0.717, 1.165) is 0 Å². The summed E-state index contributed by atoms with van der Waals surface area (Å²) in [5.41, 5.74) is 0.842. The van der Waals surface area contributed by atoms with Crippen LogP contribution in [0, 0.1) is 5.82 Å². The molecular weight excluding hydrogens is 284 g/mol. The monoisotopic (exact) mass is 289 g/mol. The third kappa shape index (κ3) is 2.83. The number of alkyl halides is 1. The maximum atomic E-state index is 13.1. The zero-order valence-electron chi connectivity index (χ0n) is 8.41. The van der Waals surface area contributed by atoms with Crippen LogP contribution in [-0.2, 0) is 0 Å². The molecule has 1 heterocycles. The Bertz CT molecular complexity index is 550. The molecule has 0 bridgehead atoms. The van der Waals surface area contributed by atoms with Crippen LogP contribution in [0.5, 0.6) is 0 Å². The maximum absolute atomic E-state index is 13.1. The van der Waals surface area contributed by atoms with Crippen molar-refractivity contribution in [2.45, 2.75) is 0 Å². The third-order valence-corrected chi connectivity index (χ3v) is 3.37. The summed E-state index contributed by atoms with van der Waals surface area (Å²) in [4.78, 5) is 15.4. The van der Waals surface area contributed by atoms with Crippen molar-refractivity contribution in [2.24, 2.45) is 0 Å². The van der Waals surface area contributed by atoms with E-state index in [0.29, 0.717) is 21.3 Å². The van der Waals surface area contributed by atoms with Gasteiger partial charge in [0.15, 0.2) is 5.78 Å². The quantitative estimate of drug-likeness (QED) is 0.631. The van der Waals surface area contributed by atoms with E-state index in [2.05, 4.69) is 4.98 Å². The van der Waals surface area contributed by atoms with Gasteiger partial charge < -0.3 is 0 Å². The van der Waals surface area contributed by atoms with Crippen molar-refractivity contribution in [3.8, 4) is 10.6 Å². The van der Waals surface area contributed by atoms with E-state index in [-0.39, 0.29) is 11.7 Å². The summed E-state index contributed by atoms with van der Waals surface area (Å²) in [5, 5.41) is 2.43. The van der Waals surface area contributed by atoms with Gasteiger partial charge in [-0.3, -0.25) is 4.79 Å². The lowest BCUT2D eigenvalue weighted by atomic mass is 10.2. The second-order valence-corrected chi connectivity index (χ2v) is 4.81. The molecule has 2 aromatic rings. The van der Waals surface area contributed by atoms with Gasteiger partial charge in [-0.25, -0.2) is 9.37 Å². The highest BCUT2D eigenvalue weighted by Gasteiger charge is 2.11. The summed E-state index contributed by atoms with van der Waals surface area (Å²) in [5.74, 6) is -0.808. The topological polar surface area (TPSA) is 30.0 Å². The molecule has 2 rings (SSSR count). The molecule has 0 spiro atoms. The lowest BCUT2D eigenvalue weighted by Gasteiger charge is -1.98. The van der Waals surface area contributed by atoms with Crippen LogP contribution in [0.25, 0.3) is 10.6 Å². The van der Waals surface area contributed by atoms with Crippen LogP contribution >= 0.6 is 34.5 Å². The fourth-order valence-electron chi connectivity index (χ4n) is 1.28. The van der Waals surface area contributed by atoms with Crippen LogP contribution in [0.3, 0.4) is 0 Å². The minimum absolute atomic E-state index is 0.118. The van der Waals surface area contributed by atoms with E-state index in [9.17, 15) is 9.18 Å². The first-order chi connectivity index (χ1) is 8.10. The highest BCUT2D eigenvalue weighted by atomic mass is 35.5. The predicted molar refractivity (Wildman–Crippen MR) is 67.6 cm³/mol. The maximum Gasteiger partial charge on any atom is 0.196 e. The Hall–Kier alpha value is -0.970. The molecule has 0 aliphatic carbocycles. The molecular formula is C11H6Cl2FNOS. The largest absolute Gasteiger partial charge is 0.291 e. The Balaban J connectivity index is 2.40. The summed E-state index contributed by atoms with van der Waals surface area (Å²) in [6.07, 6.45) is 0. The predicted octanol–water partition coefficient (Wildman–Crippen LogP) is 4.02. The van der Waals surface area contributed by atoms with Gasteiger partial charge in [0.2, 0.25) is 0 Å². The van der Waals surface area contributed by atoms with Gasteiger partial charge in [-0.1, -0.05) is 11.6 Å². The number of halogens is 3. The molecule has 0 amide bonds. The molecule has 0 N–H and O–H groups in total. The Morgan fingerprint density at radius 3 is 2.82 bits per heavy atom. The first-order valence-electron chi connectivity index (χ1n) is 4.61. The first kappa shape index (κ1) is 12.5. The summed E-state index contributed by atoms with van der Waals surface area (Å²) < 4.78 is 13.1. The lowest BCUT2D eigenvalue weighted by molar-refractivity contribution is 0.101. The van der Waals surface area contributed by atoms with Crippen molar-refractivity contribution in [2.75, 3.05) is 5.88 Å². The van der Waals surface area contributed by atoms with Gasteiger partial charge >= 0.3 is 0 Å². The van der Waals surface area contributed by atoms with Crippen molar-refractivity contribution in [1.82, 2.24) is 4.98 Å². The van der Waals surface area contributed by atoms with Crippen LogP contribution in [0.15, 0.2) is 23.6 Å². The van der Waals surface area contributed by atoms with Gasteiger partial charge in [0.25, 0.3) is 0 Å². The molecule has 0 aliphatic heterocycles. The average Bonchev–Trinajstić information content (AvgIpc) is 2.76. The fraction of sp³-hybridized carbons (Fsp3) is 0.0909. The van der Waals surface area contributed by atoms with Crippen LogP contribution in [0.2, 0.25) is 5.02 Å². The highest BCUT2D eigenvalue weighted by molar-refractivity contribution is 7.13. The van der Waals surface area contributed by atoms with E-state index >= 15 is 0 Å². The standard InChI is InChI=1S/C11H6Cl2FNOS/c12-4-10(16)9-5-17-11(15-9)6-1-7(13)3-8(14)2-6/h1-3,5H,4H2. The fourth-order valence-corrected chi connectivity index (χ4v) is 2.45. The molecule has 2 nitrogen and oxygen atoms in total. The third-order valence-electron chi connectivity index (χ3n) is 2.02. The molecule has 0 atom stereocenters. The number of carbonyl (C=O) groups is 1. The molecule has 0 aliphatic rings. The van der Waals surface area contributed by atoms with Gasteiger partial charge in [-0.2, -0.15) is 0 Å². The van der Waals surface area contributed by atoms with Gasteiger partial charge in [0.1, 0.15) is 16.5 Å². The Kier molecular flexibility index (Phi) is 3.76. The molecule has 17 heavy (non-hydrogen) atoms. The van der Waals surface area contributed by atoms with Crippen LogP contribution in [-0.4, -0.2) is 16.6 Å². The molecule has 0 radical (unpaired) electrons. The van der Waals surface area contributed by atoms with E-state index in [4.69, 9.17) is 23.2 Å². The number of hydrogen-bond donors (Lipinski definition) is 0. The second-order valence-electron chi connectivity index (χ2n) is 3.25. The number of aromatic nitrogens is 1. The van der Waals surface area contributed by atoms with E-state index in [1.54, 1.807) is 11.4 Å². The van der Waals surface area contributed by atoms with E-state index in [1.807, 2.05) is 0 Å². The molecule has 1 aromatic heterocycles. The number of hydrogen-bond acceptors (Lipinski definition) is 3. The Labute approximate surface area is 111 Å². The van der Waals surface area contributed by atoms with E-state index < -0.39 is 5.82 Å². The Morgan fingerprint density at radius 1 is 1.41 bits per heavy atom. The number of Topliss-reactive ketones (excluding diaryl/α,β-unsaturated/α-hetero) is 1. The van der Waals surface area contributed by atoms with Crippen molar-refractivity contribution < 1.29 is 9.18 Å². The number of carbonyl (C=O) groups excluding carboxylic acids is 1. The number of benzene rings is 1. The van der Waals surface area contributed by atoms with Gasteiger partial charge in [0, 0.05) is 16.0 Å². The van der Waals surface area contributed by atoms with Crippen LogP contribution in [0.1, 0.15) is 10.5 Å². The summed E-state index contributed by atoms with van der Waals surface area (Å²) >= 11 is 12.4. The average molecular weight is 290 g/mol. The molecule has 0 fully saturated rings. The van der Waals surface area contributed by atoms with Gasteiger partial charge in [0.05, 0.1) is 5.88 Å². The van der Waals surface area contributed by atoms with Crippen LogP contribution in [0.4, 0.5) is 4.39 Å². The lowest BCUT2D eigenvalue weighted by Crippen LogP contribution is -2.00. The van der Waals surface area contributed by atoms with Crippen LogP contribution < -0.4 is 0 Å². The van der Waals surface area contributed by atoms with Gasteiger partial charge in [-0.05, 0) is 18.2 Å². The zero-order valence-corrected chi connectivity index (χ0v) is 10.7. The molecule has 88 valence electrons. The summed E-state index contributed by atoms with van der Waals surface area (Å²) in [6.45, 7) is 0. The molecule has 0 unspecified atom stereocenters.